The molecule has 0 aliphatic carbocycles. The number of anilines is 1. The molecule has 0 saturated carbocycles. The molecule has 3 rings (SSSR count). The van der Waals surface area contributed by atoms with Crippen molar-refractivity contribution in [3.63, 3.8) is 0 Å². The van der Waals surface area contributed by atoms with E-state index in [1.165, 1.54) is 5.56 Å². The van der Waals surface area contributed by atoms with Crippen molar-refractivity contribution in [2.24, 2.45) is 0 Å². The van der Waals surface area contributed by atoms with E-state index >= 15 is 0 Å². The van der Waals surface area contributed by atoms with Gasteiger partial charge in [-0.3, -0.25) is 4.79 Å². The Bertz CT molecular complexity index is 1010. The van der Waals surface area contributed by atoms with Crippen molar-refractivity contribution >= 4 is 17.7 Å². The second-order valence-corrected chi connectivity index (χ2v) is 6.69. The second kappa shape index (κ2) is 10.2. The number of nitrogens with one attached hydrogen (secondary N) is 1. The molecule has 5 heteroatoms. The highest BCUT2D eigenvalue weighted by molar-refractivity contribution is 5.92. The normalized spacial score (nSPS) is 10.6. The van der Waals surface area contributed by atoms with Gasteiger partial charge in [0.25, 0.3) is 5.91 Å². The van der Waals surface area contributed by atoms with E-state index in [4.69, 9.17) is 14.2 Å². The van der Waals surface area contributed by atoms with Gasteiger partial charge in [-0.25, -0.2) is 0 Å². The summed E-state index contributed by atoms with van der Waals surface area (Å²) in [5, 5.41) is 2.81. The van der Waals surface area contributed by atoms with Gasteiger partial charge in [-0.2, -0.15) is 0 Å². The Hall–Kier alpha value is -3.73. The van der Waals surface area contributed by atoms with Crippen molar-refractivity contribution in [2.45, 2.75) is 13.8 Å². The largest absolute Gasteiger partial charge is 0.493 e. The van der Waals surface area contributed by atoms with Crippen LogP contribution in [-0.4, -0.2) is 19.6 Å². The average Bonchev–Trinajstić information content (AvgIpc) is 2.76. The highest BCUT2D eigenvalue weighted by atomic mass is 16.5. The number of amides is 1. The molecule has 0 aliphatic heterocycles. The van der Waals surface area contributed by atoms with Gasteiger partial charge >= 0.3 is 0 Å². The van der Waals surface area contributed by atoms with Crippen molar-refractivity contribution in [3.8, 4) is 23.0 Å². The monoisotopic (exact) mass is 403 g/mol. The Kier molecular flexibility index (Phi) is 7.11. The number of hydrogen-bond acceptors (Lipinski definition) is 4. The molecule has 3 aromatic carbocycles. The first-order valence-corrected chi connectivity index (χ1v) is 9.65. The molecule has 1 N–H and O–H groups in total. The Morgan fingerprint density at radius 1 is 0.933 bits per heavy atom. The first-order chi connectivity index (χ1) is 14.6. The summed E-state index contributed by atoms with van der Waals surface area (Å²) in [5.41, 5.74) is 2.84. The number of carbonyl (C=O) groups is 1. The Balaban J connectivity index is 1.54. The maximum Gasteiger partial charge on any atom is 0.262 e. The van der Waals surface area contributed by atoms with E-state index in [1.807, 2.05) is 62.4 Å². The van der Waals surface area contributed by atoms with Gasteiger partial charge in [0.1, 0.15) is 11.5 Å². The summed E-state index contributed by atoms with van der Waals surface area (Å²) in [7, 11) is 1.57. The van der Waals surface area contributed by atoms with Crippen LogP contribution in [0, 0.1) is 6.92 Å². The fourth-order valence-corrected chi connectivity index (χ4v) is 2.79. The lowest BCUT2D eigenvalue weighted by atomic mass is 10.2. The topological polar surface area (TPSA) is 56.8 Å². The van der Waals surface area contributed by atoms with Crippen LogP contribution in [0.25, 0.3) is 6.08 Å². The Morgan fingerprint density at radius 3 is 2.23 bits per heavy atom. The van der Waals surface area contributed by atoms with Gasteiger partial charge in [-0.05, 0) is 67.9 Å². The summed E-state index contributed by atoms with van der Waals surface area (Å²) in [6.45, 7) is 3.85. The van der Waals surface area contributed by atoms with Crippen molar-refractivity contribution < 1.29 is 19.0 Å². The molecule has 0 aromatic heterocycles. The van der Waals surface area contributed by atoms with Crippen LogP contribution in [0.2, 0.25) is 0 Å². The maximum atomic E-state index is 12.2. The molecule has 154 valence electrons. The molecule has 0 aliphatic rings. The third kappa shape index (κ3) is 5.88. The lowest BCUT2D eigenvalue weighted by Gasteiger charge is -2.12. The van der Waals surface area contributed by atoms with Gasteiger partial charge in [-0.1, -0.05) is 35.9 Å². The summed E-state index contributed by atoms with van der Waals surface area (Å²) in [5.74, 6) is 2.29. The van der Waals surface area contributed by atoms with E-state index in [0.29, 0.717) is 22.9 Å². The van der Waals surface area contributed by atoms with Crippen LogP contribution in [0.5, 0.6) is 23.0 Å². The fourth-order valence-electron chi connectivity index (χ4n) is 2.79. The van der Waals surface area contributed by atoms with E-state index in [1.54, 1.807) is 37.4 Å². The Labute approximate surface area is 176 Å². The number of rotatable bonds is 8. The molecule has 0 radical (unpaired) electrons. The number of carbonyl (C=O) groups excluding carboxylic acids is 1. The smallest absolute Gasteiger partial charge is 0.262 e. The van der Waals surface area contributed by atoms with E-state index in [0.717, 1.165) is 11.3 Å². The van der Waals surface area contributed by atoms with Gasteiger partial charge < -0.3 is 19.5 Å². The van der Waals surface area contributed by atoms with Gasteiger partial charge in [-0.15, -0.1) is 0 Å². The van der Waals surface area contributed by atoms with Crippen LogP contribution < -0.4 is 19.5 Å². The minimum atomic E-state index is -0.262. The highest BCUT2D eigenvalue weighted by Gasteiger charge is 2.09. The average molecular weight is 403 g/mol. The maximum absolute atomic E-state index is 12.2. The van der Waals surface area contributed by atoms with Crippen molar-refractivity contribution in [1.29, 1.82) is 0 Å². The molecule has 5 nitrogen and oxygen atoms in total. The summed E-state index contributed by atoms with van der Waals surface area (Å²) < 4.78 is 16.8. The van der Waals surface area contributed by atoms with Gasteiger partial charge in [0.2, 0.25) is 0 Å². The van der Waals surface area contributed by atoms with Crippen LogP contribution in [0.3, 0.4) is 0 Å². The number of ether oxygens (including phenoxy) is 3. The summed E-state index contributed by atoms with van der Waals surface area (Å²) in [4.78, 5) is 12.2. The van der Waals surface area contributed by atoms with Crippen LogP contribution in [-0.2, 0) is 4.79 Å². The zero-order valence-electron chi connectivity index (χ0n) is 17.3. The molecule has 0 atom stereocenters. The quantitative estimate of drug-likeness (QED) is 0.513. The first-order valence-electron chi connectivity index (χ1n) is 9.65. The SMILES string of the molecule is C/C=C/c1ccc(OCC(=O)Nc2ccc(Oc3ccc(C)cc3)cc2)c(OC)c1. The molecule has 30 heavy (non-hydrogen) atoms. The highest BCUT2D eigenvalue weighted by Crippen LogP contribution is 2.28. The summed E-state index contributed by atoms with van der Waals surface area (Å²) in [6, 6.07) is 20.6. The molecule has 0 heterocycles. The number of allylic oxidation sites excluding steroid dienone is 1. The van der Waals surface area contributed by atoms with E-state index in [2.05, 4.69) is 5.32 Å². The molecule has 0 saturated heterocycles. The van der Waals surface area contributed by atoms with Crippen molar-refractivity contribution in [3.05, 3.63) is 83.9 Å². The van der Waals surface area contributed by atoms with Crippen LogP contribution in [0.4, 0.5) is 5.69 Å². The van der Waals surface area contributed by atoms with Crippen molar-refractivity contribution in [1.82, 2.24) is 0 Å². The third-order valence-electron chi connectivity index (χ3n) is 4.30. The van der Waals surface area contributed by atoms with Crippen LogP contribution in [0.15, 0.2) is 72.8 Å². The summed E-state index contributed by atoms with van der Waals surface area (Å²) >= 11 is 0. The van der Waals surface area contributed by atoms with Crippen LogP contribution in [0.1, 0.15) is 18.1 Å². The van der Waals surface area contributed by atoms with E-state index in [9.17, 15) is 4.79 Å². The number of aryl methyl sites for hydroxylation is 1. The molecule has 0 bridgehead atoms. The predicted octanol–water partition coefficient (Wildman–Crippen LogP) is 5.85. The number of benzene rings is 3. The predicted molar refractivity (Wildman–Crippen MR) is 120 cm³/mol. The fraction of sp³-hybridized carbons (Fsp3) is 0.160. The van der Waals surface area contributed by atoms with E-state index in [-0.39, 0.29) is 12.5 Å². The summed E-state index contributed by atoms with van der Waals surface area (Å²) in [6.07, 6.45) is 3.91. The standard InChI is InChI=1S/C25H25NO4/c1-4-5-19-8-15-23(24(16-19)28-3)29-17-25(27)26-20-9-13-22(14-10-20)30-21-11-6-18(2)7-12-21/h4-16H,17H2,1-3H3,(H,26,27)/b5-4+. The molecule has 1 amide bonds. The van der Waals surface area contributed by atoms with Crippen LogP contribution >= 0.6 is 0 Å². The van der Waals surface area contributed by atoms with Gasteiger partial charge in [0, 0.05) is 5.69 Å². The zero-order chi connectivity index (χ0) is 21.3. The number of hydrogen-bond donors (Lipinski definition) is 1. The Morgan fingerprint density at radius 2 is 1.60 bits per heavy atom. The second-order valence-electron chi connectivity index (χ2n) is 6.69. The minimum absolute atomic E-state index is 0.124. The van der Waals surface area contributed by atoms with Crippen molar-refractivity contribution in [2.75, 3.05) is 19.0 Å². The lowest BCUT2D eigenvalue weighted by molar-refractivity contribution is -0.118. The van der Waals surface area contributed by atoms with Gasteiger partial charge in [0.15, 0.2) is 18.1 Å². The molecule has 0 fully saturated rings. The van der Waals surface area contributed by atoms with Gasteiger partial charge in [0.05, 0.1) is 7.11 Å². The molecule has 0 unspecified atom stereocenters. The third-order valence-corrected chi connectivity index (χ3v) is 4.30. The molecule has 3 aromatic rings. The number of methoxy groups -OCH3 is 1. The first kappa shape index (κ1) is 21.0. The molecule has 0 spiro atoms. The zero-order valence-corrected chi connectivity index (χ0v) is 17.3. The lowest BCUT2D eigenvalue weighted by Crippen LogP contribution is -2.20. The molecular formula is C25H25NO4. The van der Waals surface area contributed by atoms with E-state index < -0.39 is 0 Å². The molecular weight excluding hydrogens is 378 g/mol. The minimum Gasteiger partial charge on any atom is -0.493 e.